The zero-order valence-corrected chi connectivity index (χ0v) is 9.04. The van der Waals surface area contributed by atoms with Crippen molar-refractivity contribution in [1.29, 1.82) is 0 Å². The van der Waals surface area contributed by atoms with E-state index in [4.69, 9.17) is 23.2 Å². The van der Waals surface area contributed by atoms with Crippen molar-refractivity contribution in [3.63, 3.8) is 0 Å². The molecule has 0 unspecified atom stereocenters. The van der Waals surface area contributed by atoms with Crippen molar-refractivity contribution in [3.05, 3.63) is 36.1 Å². The fraction of sp³-hybridized carbons (Fsp3) is 0.222. The van der Waals surface area contributed by atoms with E-state index in [0.29, 0.717) is 13.1 Å². The van der Waals surface area contributed by atoms with Crippen LogP contribution in [0.3, 0.4) is 0 Å². The minimum absolute atomic E-state index is 0.359. The molecule has 0 bridgehead atoms. The third kappa shape index (κ3) is 5.67. The summed E-state index contributed by atoms with van der Waals surface area (Å²) in [5.41, 5.74) is 2.66. The molecule has 0 rings (SSSR count). The Morgan fingerprint density at radius 2 is 1.79 bits per heavy atom. The average molecular weight is 236 g/mol. The molecule has 78 valence electrons. The highest BCUT2D eigenvalue weighted by atomic mass is 35.5. The van der Waals surface area contributed by atoms with E-state index in [1.54, 1.807) is 12.2 Å². The first-order valence-corrected chi connectivity index (χ1v) is 4.70. The van der Waals surface area contributed by atoms with Gasteiger partial charge in [-0.25, -0.2) is 4.79 Å². The Morgan fingerprint density at radius 1 is 1.29 bits per heavy atom. The third-order valence-electron chi connectivity index (χ3n) is 1.27. The maximum absolute atomic E-state index is 11.2. The Balaban J connectivity index is 4.20. The minimum atomic E-state index is -0.496. The van der Waals surface area contributed by atoms with Crippen molar-refractivity contribution in [2.45, 2.75) is 0 Å². The molecule has 0 atom stereocenters. The van der Waals surface area contributed by atoms with E-state index < -0.39 is 6.09 Å². The average Bonchev–Trinajstić information content (AvgIpc) is 2.18. The van der Waals surface area contributed by atoms with Gasteiger partial charge in [-0.05, 0) is 0 Å². The highest BCUT2D eigenvalue weighted by Gasteiger charge is 2.10. The number of ether oxygens (including phenoxy) is 1. The molecule has 1 amide bonds. The molecule has 0 saturated carbocycles. The van der Waals surface area contributed by atoms with Crippen molar-refractivity contribution in [3.8, 4) is 0 Å². The first-order valence-electron chi connectivity index (χ1n) is 3.83. The van der Waals surface area contributed by atoms with E-state index in [-0.39, 0.29) is 0 Å². The third-order valence-corrected chi connectivity index (χ3v) is 1.63. The second kappa shape index (κ2) is 8.66. The number of hydrogen-bond acceptors (Lipinski definition) is 2. The summed E-state index contributed by atoms with van der Waals surface area (Å²) >= 11 is 10.7. The van der Waals surface area contributed by atoms with Gasteiger partial charge in [-0.3, -0.25) is 0 Å². The molecule has 0 spiro atoms. The standard InChI is InChI=1S/C9H11Cl2NO2/c1-2-14-9(13)12(7-3-5-10)8-4-6-11/h2-6H,1,7-8H2/b5-3+,6-4+. The molecule has 5 heteroatoms. The van der Waals surface area contributed by atoms with Gasteiger partial charge in [-0.15, -0.1) is 0 Å². The van der Waals surface area contributed by atoms with Crippen LogP contribution in [0.4, 0.5) is 4.79 Å². The summed E-state index contributed by atoms with van der Waals surface area (Å²) in [7, 11) is 0. The first-order chi connectivity index (χ1) is 6.76. The van der Waals surface area contributed by atoms with Crippen LogP contribution in [0.2, 0.25) is 0 Å². The molecule has 0 saturated heterocycles. The smallest absolute Gasteiger partial charge is 0.415 e. The molecule has 0 aromatic heterocycles. The number of halogens is 2. The lowest BCUT2D eigenvalue weighted by atomic mass is 10.5. The maximum Gasteiger partial charge on any atom is 0.415 e. The van der Waals surface area contributed by atoms with Gasteiger partial charge in [0, 0.05) is 24.2 Å². The zero-order chi connectivity index (χ0) is 10.8. The van der Waals surface area contributed by atoms with Crippen LogP contribution in [0, 0.1) is 0 Å². The predicted molar refractivity (Wildman–Crippen MR) is 58.2 cm³/mol. The monoisotopic (exact) mass is 235 g/mol. The molecule has 0 heterocycles. The summed E-state index contributed by atoms with van der Waals surface area (Å²) < 4.78 is 4.60. The molecule has 0 N–H and O–H groups in total. The summed E-state index contributed by atoms with van der Waals surface area (Å²) in [6.45, 7) is 4.00. The van der Waals surface area contributed by atoms with Gasteiger partial charge in [0.05, 0.1) is 6.26 Å². The van der Waals surface area contributed by atoms with Crippen LogP contribution < -0.4 is 0 Å². The van der Waals surface area contributed by atoms with E-state index >= 15 is 0 Å². The maximum atomic E-state index is 11.2. The van der Waals surface area contributed by atoms with Crippen molar-refractivity contribution in [1.82, 2.24) is 4.90 Å². The van der Waals surface area contributed by atoms with E-state index in [9.17, 15) is 4.79 Å². The number of rotatable bonds is 5. The summed E-state index contributed by atoms with van der Waals surface area (Å²) in [6, 6.07) is 0. The Bertz CT molecular complexity index is 225. The molecular formula is C9H11Cl2NO2. The normalized spacial score (nSPS) is 10.7. The highest BCUT2D eigenvalue weighted by molar-refractivity contribution is 6.25. The lowest BCUT2D eigenvalue weighted by molar-refractivity contribution is 0.147. The van der Waals surface area contributed by atoms with Crippen LogP contribution in [0.25, 0.3) is 0 Å². The van der Waals surface area contributed by atoms with Gasteiger partial charge < -0.3 is 9.64 Å². The Kier molecular flexibility index (Phi) is 8.08. The van der Waals surface area contributed by atoms with Gasteiger partial charge in [0.25, 0.3) is 0 Å². The molecule has 0 radical (unpaired) electrons. The number of carbonyl (C=O) groups is 1. The van der Waals surface area contributed by atoms with E-state index in [2.05, 4.69) is 11.3 Å². The Labute approximate surface area is 93.2 Å². The largest absolute Gasteiger partial charge is 0.419 e. The predicted octanol–water partition coefficient (Wildman–Crippen LogP) is 3.07. The molecule has 0 aliphatic rings. The van der Waals surface area contributed by atoms with Crippen LogP contribution >= 0.6 is 23.2 Å². The summed E-state index contributed by atoms with van der Waals surface area (Å²) in [5.74, 6) is 0. The zero-order valence-electron chi connectivity index (χ0n) is 7.53. The van der Waals surface area contributed by atoms with Crippen LogP contribution in [0.1, 0.15) is 0 Å². The van der Waals surface area contributed by atoms with Crippen molar-refractivity contribution < 1.29 is 9.53 Å². The fourth-order valence-electron chi connectivity index (χ4n) is 0.704. The molecule has 0 aliphatic carbocycles. The highest BCUT2D eigenvalue weighted by Crippen LogP contribution is 1.97. The molecule has 0 fully saturated rings. The van der Waals surface area contributed by atoms with Crippen LogP contribution in [0.5, 0.6) is 0 Å². The quantitative estimate of drug-likeness (QED) is 0.686. The Hall–Kier alpha value is -0.930. The summed E-state index contributed by atoms with van der Waals surface area (Å²) in [6.07, 6.45) is 3.82. The minimum Gasteiger partial charge on any atom is -0.419 e. The van der Waals surface area contributed by atoms with E-state index in [0.717, 1.165) is 6.26 Å². The molecular weight excluding hydrogens is 225 g/mol. The van der Waals surface area contributed by atoms with Crippen LogP contribution in [-0.2, 0) is 4.74 Å². The van der Waals surface area contributed by atoms with Gasteiger partial charge in [0.1, 0.15) is 0 Å². The fourth-order valence-corrected chi connectivity index (χ4v) is 0.863. The van der Waals surface area contributed by atoms with Gasteiger partial charge in [-0.2, -0.15) is 0 Å². The number of amides is 1. The van der Waals surface area contributed by atoms with Crippen LogP contribution in [0.15, 0.2) is 36.1 Å². The van der Waals surface area contributed by atoms with Crippen molar-refractivity contribution in [2.24, 2.45) is 0 Å². The SMILES string of the molecule is C=COC(=O)N(C/C=C/Cl)C/C=C/Cl. The number of hydrogen-bond donors (Lipinski definition) is 0. The Morgan fingerprint density at radius 3 is 2.14 bits per heavy atom. The van der Waals surface area contributed by atoms with Gasteiger partial charge >= 0.3 is 6.09 Å². The second-order valence-corrected chi connectivity index (χ2v) is 2.68. The van der Waals surface area contributed by atoms with Crippen molar-refractivity contribution >= 4 is 29.3 Å². The number of nitrogens with zero attached hydrogens (tertiary/aromatic N) is 1. The molecule has 0 aliphatic heterocycles. The van der Waals surface area contributed by atoms with Crippen LogP contribution in [-0.4, -0.2) is 24.1 Å². The summed E-state index contributed by atoms with van der Waals surface area (Å²) in [4.78, 5) is 12.6. The second-order valence-electron chi connectivity index (χ2n) is 2.18. The lowest BCUT2D eigenvalue weighted by Gasteiger charge is -2.16. The van der Waals surface area contributed by atoms with Gasteiger partial charge in [-0.1, -0.05) is 41.9 Å². The molecule has 0 aromatic carbocycles. The van der Waals surface area contributed by atoms with E-state index in [1.807, 2.05) is 0 Å². The lowest BCUT2D eigenvalue weighted by Crippen LogP contribution is -2.30. The molecule has 14 heavy (non-hydrogen) atoms. The van der Waals surface area contributed by atoms with Crippen molar-refractivity contribution in [2.75, 3.05) is 13.1 Å². The van der Waals surface area contributed by atoms with Gasteiger partial charge in [0.15, 0.2) is 0 Å². The topological polar surface area (TPSA) is 29.5 Å². The molecule has 0 aromatic rings. The summed E-state index contributed by atoms with van der Waals surface area (Å²) in [5, 5.41) is 0. The number of carbonyl (C=O) groups excluding carboxylic acids is 1. The first kappa shape index (κ1) is 13.1. The van der Waals surface area contributed by atoms with Gasteiger partial charge in [0.2, 0.25) is 0 Å². The molecule has 3 nitrogen and oxygen atoms in total. The van der Waals surface area contributed by atoms with E-state index in [1.165, 1.54) is 16.0 Å².